The Morgan fingerprint density at radius 2 is 2.00 bits per heavy atom. The van der Waals surface area contributed by atoms with Crippen LogP contribution in [0.3, 0.4) is 0 Å². The molecule has 1 aromatic carbocycles. The summed E-state index contributed by atoms with van der Waals surface area (Å²) < 4.78 is 0.189. The van der Waals surface area contributed by atoms with Gasteiger partial charge in [0.25, 0.3) is 11.2 Å². The van der Waals surface area contributed by atoms with Crippen molar-refractivity contribution in [3.05, 3.63) is 64.8 Å². The zero-order valence-electron chi connectivity index (χ0n) is 13.5. The molecule has 0 atom stereocenters. The predicted molar refractivity (Wildman–Crippen MR) is 97.2 cm³/mol. The minimum atomic E-state index is -0.764. The van der Waals surface area contributed by atoms with E-state index in [1.807, 2.05) is 6.92 Å². The molecule has 0 aliphatic carbocycles. The van der Waals surface area contributed by atoms with Gasteiger partial charge in [0.05, 0.1) is 27.7 Å². The molecule has 0 saturated heterocycles. The van der Waals surface area contributed by atoms with E-state index in [1.54, 1.807) is 0 Å². The first kappa shape index (κ1) is 18.9. The molecule has 2 rings (SSSR count). The summed E-state index contributed by atoms with van der Waals surface area (Å²) in [5, 5.41) is 25.7. The minimum absolute atomic E-state index is 0.0470. The van der Waals surface area contributed by atoms with Crippen LogP contribution < -0.4 is 11.0 Å². The van der Waals surface area contributed by atoms with Gasteiger partial charge in [-0.25, -0.2) is 0 Å². The summed E-state index contributed by atoms with van der Waals surface area (Å²) in [5.41, 5.74) is 1.84. The molecule has 26 heavy (non-hydrogen) atoms. The van der Waals surface area contributed by atoms with Crippen molar-refractivity contribution in [3.8, 4) is 0 Å². The number of rotatable bonds is 7. The summed E-state index contributed by atoms with van der Waals surface area (Å²) >= 11 is 4.93. The minimum Gasteiger partial charge on any atom is -0.335 e. The fourth-order valence-corrected chi connectivity index (χ4v) is 2.39. The van der Waals surface area contributed by atoms with Gasteiger partial charge in [0.15, 0.2) is 4.77 Å². The van der Waals surface area contributed by atoms with Gasteiger partial charge in [-0.3, -0.25) is 35.4 Å². The summed E-state index contributed by atoms with van der Waals surface area (Å²) in [6.07, 6.45) is 2.53. The lowest BCUT2D eigenvalue weighted by Gasteiger charge is -2.04. The van der Waals surface area contributed by atoms with Gasteiger partial charge in [-0.2, -0.15) is 5.10 Å². The molecule has 0 aliphatic heterocycles. The van der Waals surface area contributed by atoms with Gasteiger partial charge in [-0.05, 0) is 24.7 Å². The van der Waals surface area contributed by atoms with Crippen LogP contribution in [0.15, 0.2) is 28.1 Å². The zero-order valence-corrected chi connectivity index (χ0v) is 14.3. The van der Waals surface area contributed by atoms with E-state index in [-0.39, 0.29) is 16.0 Å². The maximum atomic E-state index is 12.0. The summed E-state index contributed by atoms with van der Waals surface area (Å²) in [5.74, 6) is 0. The highest BCUT2D eigenvalue weighted by molar-refractivity contribution is 7.71. The molecular formula is C14H14N6O5S. The van der Waals surface area contributed by atoms with Crippen molar-refractivity contribution < 1.29 is 9.85 Å². The van der Waals surface area contributed by atoms with Crippen molar-refractivity contribution in [2.24, 2.45) is 5.10 Å². The van der Waals surface area contributed by atoms with E-state index in [2.05, 4.69) is 20.5 Å². The molecule has 136 valence electrons. The van der Waals surface area contributed by atoms with E-state index in [0.29, 0.717) is 12.1 Å². The highest BCUT2D eigenvalue weighted by Gasteiger charge is 2.19. The van der Waals surface area contributed by atoms with Crippen molar-refractivity contribution in [3.63, 3.8) is 0 Å². The summed E-state index contributed by atoms with van der Waals surface area (Å²) in [4.78, 5) is 37.7. The number of aromatic nitrogens is 2. The Kier molecular flexibility index (Phi) is 5.90. The third-order valence-electron chi connectivity index (χ3n) is 3.33. The second kappa shape index (κ2) is 8.11. The Morgan fingerprint density at radius 3 is 2.62 bits per heavy atom. The monoisotopic (exact) mass is 378 g/mol. The number of anilines is 1. The summed E-state index contributed by atoms with van der Waals surface area (Å²) in [7, 11) is 0. The summed E-state index contributed by atoms with van der Waals surface area (Å²) in [6.45, 7) is 1.93. The van der Waals surface area contributed by atoms with Crippen LogP contribution in [0.4, 0.5) is 17.1 Å². The Hall–Kier alpha value is -3.41. The van der Waals surface area contributed by atoms with Crippen molar-refractivity contribution in [1.82, 2.24) is 9.97 Å². The van der Waals surface area contributed by atoms with E-state index in [0.717, 1.165) is 18.6 Å². The number of hydrazone groups is 1. The Balaban J connectivity index is 2.35. The van der Waals surface area contributed by atoms with Gasteiger partial charge in [0.1, 0.15) is 5.69 Å². The molecular weight excluding hydrogens is 364 g/mol. The standard InChI is InChI=1S/C14H14N6O5S/c1-2-3-10-9(13(21)17-14(26)16-10)7-15-18-11-5-4-8(19(22)23)6-12(11)20(24)25/h4-7,18H,2-3H2,1H3,(H2,16,17,21,26). The van der Waals surface area contributed by atoms with Crippen molar-refractivity contribution in [2.75, 3.05) is 5.43 Å². The number of hydrogen-bond donors (Lipinski definition) is 3. The van der Waals surface area contributed by atoms with Crippen LogP contribution in [0.5, 0.6) is 0 Å². The molecule has 3 N–H and O–H groups in total. The van der Waals surface area contributed by atoms with Gasteiger partial charge in [-0.15, -0.1) is 0 Å². The molecule has 0 aliphatic rings. The molecule has 12 heteroatoms. The van der Waals surface area contributed by atoms with E-state index in [4.69, 9.17) is 12.2 Å². The third kappa shape index (κ3) is 4.36. The van der Waals surface area contributed by atoms with Crippen LogP contribution in [0.1, 0.15) is 24.6 Å². The molecule has 2 aromatic rings. The van der Waals surface area contributed by atoms with E-state index >= 15 is 0 Å². The third-order valence-corrected chi connectivity index (χ3v) is 3.53. The topological polar surface area (TPSA) is 159 Å². The molecule has 1 heterocycles. The normalized spacial score (nSPS) is 10.8. The average molecular weight is 378 g/mol. The Morgan fingerprint density at radius 1 is 1.27 bits per heavy atom. The van der Waals surface area contributed by atoms with Crippen LogP contribution in [-0.4, -0.2) is 26.0 Å². The van der Waals surface area contributed by atoms with Crippen molar-refractivity contribution in [1.29, 1.82) is 0 Å². The van der Waals surface area contributed by atoms with E-state index in [9.17, 15) is 25.0 Å². The molecule has 0 fully saturated rings. The van der Waals surface area contributed by atoms with Gasteiger partial charge in [0.2, 0.25) is 0 Å². The lowest BCUT2D eigenvalue weighted by molar-refractivity contribution is -0.393. The fraction of sp³-hybridized carbons (Fsp3) is 0.214. The SMILES string of the molecule is CCCc1[nH]c(=S)[nH]c(=O)c1C=NNc1ccc([N+](=O)[O-])cc1[N+](=O)[O-]. The second-order valence-electron chi connectivity index (χ2n) is 5.14. The van der Waals surface area contributed by atoms with E-state index < -0.39 is 26.8 Å². The van der Waals surface area contributed by atoms with Crippen LogP contribution in [0, 0.1) is 25.0 Å². The number of aromatic amines is 2. The predicted octanol–water partition coefficient (Wildman–Crippen LogP) is 2.65. The van der Waals surface area contributed by atoms with E-state index in [1.165, 1.54) is 12.3 Å². The van der Waals surface area contributed by atoms with Crippen molar-refractivity contribution in [2.45, 2.75) is 19.8 Å². The van der Waals surface area contributed by atoms with Crippen molar-refractivity contribution >= 4 is 35.5 Å². The Labute approximate surface area is 151 Å². The average Bonchev–Trinajstić information content (AvgIpc) is 2.57. The first-order chi connectivity index (χ1) is 12.3. The van der Waals surface area contributed by atoms with Gasteiger partial charge >= 0.3 is 5.69 Å². The largest absolute Gasteiger partial charge is 0.335 e. The van der Waals surface area contributed by atoms with Gasteiger partial charge in [-0.1, -0.05) is 13.3 Å². The lowest BCUT2D eigenvalue weighted by atomic mass is 10.1. The second-order valence-corrected chi connectivity index (χ2v) is 5.54. The van der Waals surface area contributed by atoms with Gasteiger partial charge < -0.3 is 4.98 Å². The van der Waals surface area contributed by atoms with Crippen LogP contribution in [0.2, 0.25) is 0 Å². The maximum Gasteiger partial charge on any atom is 0.301 e. The number of hydrogen-bond acceptors (Lipinski definition) is 8. The number of aryl methyl sites for hydroxylation is 1. The number of nitrogens with zero attached hydrogens (tertiary/aromatic N) is 3. The highest BCUT2D eigenvalue weighted by Crippen LogP contribution is 2.28. The van der Waals surface area contributed by atoms with Gasteiger partial charge in [0, 0.05) is 11.8 Å². The fourth-order valence-electron chi connectivity index (χ4n) is 2.17. The number of H-pyrrole nitrogens is 2. The first-order valence-corrected chi connectivity index (χ1v) is 7.81. The smallest absolute Gasteiger partial charge is 0.301 e. The lowest BCUT2D eigenvalue weighted by Crippen LogP contribution is -2.18. The maximum absolute atomic E-state index is 12.0. The van der Waals surface area contributed by atoms with Crippen LogP contribution >= 0.6 is 12.2 Å². The molecule has 0 unspecified atom stereocenters. The molecule has 0 amide bonds. The Bertz CT molecular complexity index is 996. The quantitative estimate of drug-likeness (QED) is 0.289. The van der Waals surface area contributed by atoms with Crippen LogP contribution in [0.25, 0.3) is 0 Å². The first-order valence-electron chi connectivity index (χ1n) is 7.40. The molecule has 11 nitrogen and oxygen atoms in total. The molecule has 0 radical (unpaired) electrons. The molecule has 0 saturated carbocycles. The molecule has 1 aromatic heterocycles. The molecule has 0 bridgehead atoms. The number of benzene rings is 1. The zero-order chi connectivity index (χ0) is 19.3. The number of nitro groups is 2. The highest BCUT2D eigenvalue weighted by atomic mass is 32.1. The number of nitrogens with one attached hydrogen (secondary N) is 3. The number of non-ortho nitro benzene ring substituents is 1. The molecule has 0 spiro atoms. The number of nitro benzene ring substituents is 2. The summed E-state index contributed by atoms with van der Waals surface area (Å²) in [6, 6.07) is 3.11. The van der Waals surface area contributed by atoms with Crippen LogP contribution in [-0.2, 0) is 6.42 Å².